The summed E-state index contributed by atoms with van der Waals surface area (Å²) < 4.78 is 0. The molecule has 2 aromatic rings. The molecule has 0 N–H and O–H groups in total. The maximum atomic E-state index is 2.46. The second-order valence-electron chi connectivity index (χ2n) is 6.40. The van der Waals surface area contributed by atoms with Gasteiger partial charge in [0.1, 0.15) is 0 Å². The average Bonchev–Trinajstić information content (AvgIpc) is 2.60. The first-order valence-corrected chi connectivity index (χ1v) is 9.39. The molecule has 2 aromatic carbocycles. The van der Waals surface area contributed by atoms with Gasteiger partial charge in [0.25, 0.3) is 0 Å². The van der Waals surface area contributed by atoms with Crippen molar-refractivity contribution in [3.05, 3.63) is 77.4 Å². The summed E-state index contributed by atoms with van der Waals surface area (Å²) in [5.74, 6) is 2.88. The van der Waals surface area contributed by atoms with Crippen molar-refractivity contribution >= 4 is 17.8 Å². The van der Waals surface area contributed by atoms with Gasteiger partial charge in [-0.3, -0.25) is 0 Å². The van der Waals surface area contributed by atoms with Crippen LogP contribution in [0.3, 0.4) is 0 Å². The summed E-state index contributed by atoms with van der Waals surface area (Å²) in [5.41, 5.74) is 4.56. The summed E-state index contributed by atoms with van der Waals surface area (Å²) in [4.78, 5) is 0. The molecule has 0 unspecified atom stereocenters. The lowest BCUT2D eigenvalue weighted by Gasteiger charge is -2.41. The monoisotopic (exact) mass is 306 g/mol. The van der Waals surface area contributed by atoms with Crippen LogP contribution in [0.25, 0.3) is 6.08 Å². The Morgan fingerprint density at radius 3 is 2.64 bits per heavy atom. The van der Waals surface area contributed by atoms with E-state index in [1.165, 1.54) is 30.6 Å². The zero-order chi connectivity index (χ0) is 14.8. The summed E-state index contributed by atoms with van der Waals surface area (Å²) in [6.45, 7) is 0. The Balaban J connectivity index is 1.57. The van der Waals surface area contributed by atoms with Crippen LogP contribution in [0.2, 0.25) is 0 Å². The summed E-state index contributed by atoms with van der Waals surface area (Å²) in [7, 11) is 0. The number of hydrogen-bond acceptors (Lipinski definition) is 1. The predicted molar refractivity (Wildman–Crippen MR) is 97.3 cm³/mol. The zero-order valence-electron chi connectivity index (χ0n) is 12.8. The molecule has 1 fully saturated rings. The second-order valence-corrected chi connectivity index (χ2v) is 7.69. The van der Waals surface area contributed by atoms with Gasteiger partial charge in [0, 0.05) is 5.25 Å². The normalized spacial score (nSPS) is 27.4. The quantitative estimate of drug-likeness (QED) is 0.701. The maximum Gasteiger partial charge on any atom is 0.0264 e. The highest BCUT2D eigenvalue weighted by Gasteiger charge is 2.36. The van der Waals surface area contributed by atoms with Crippen molar-refractivity contribution in [2.24, 2.45) is 5.92 Å². The van der Waals surface area contributed by atoms with E-state index in [1.807, 2.05) is 0 Å². The van der Waals surface area contributed by atoms with Crippen LogP contribution in [0, 0.1) is 5.92 Å². The van der Waals surface area contributed by atoms with Crippen LogP contribution in [0.4, 0.5) is 0 Å². The lowest BCUT2D eigenvalue weighted by atomic mass is 9.72. The molecule has 0 bridgehead atoms. The Kier molecular flexibility index (Phi) is 4.07. The zero-order valence-corrected chi connectivity index (χ0v) is 13.6. The van der Waals surface area contributed by atoms with Gasteiger partial charge in [-0.15, -0.1) is 0 Å². The van der Waals surface area contributed by atoms with E-state index in [0.717, 1.165) is 11.8 Å². The minimum absolute atomic E-state index is 0.673. The van der Waals surface area contributed by atoms with Crippen LogP contribution in [-0.4, -0.2) is 11.0 Å². The Labute approximate surface area is 137 Å². The SMILES string of the molecule is C(=C\[C@H]1SCC[C@H]2c3ccccc3CC[C@@H]12)/c1ccccc1. The molecule has 0 aromatic heterocycles. The van der Waals surface area contributed by atoms with Gasteiger partial charge in [-0.05, 0) is 53.5 Å². The summed E-state index contributed by atoms with van der Waals surface area (Å²) >= 11 is 2.16. The first-order chi connectivity index (χ1) is 10.9. The van der Waals surface area contributed by atoms with E-state index in [-0.39, 0.29) is 0 Å². The Morgan fingerprint density at radius 2 is 1.73 bits per heavy atom. The van der Waals surface area contributed by atoms with Crippen LogP contribution in [0.5, 0.6) is 0 Å². The maximum absolute atomic E-state index is 2.46. The van der Waals surface area contributed by atoms with Gasteiger partial charge in [-0.2, -0.15) is 11.8 Å². The van der Waals surface area contributed by atoms with Crippen molar-refractivity contribution in [2.75, 3.05) is 5.75 Å². The predicted octanol–water partition coefficient (Wildman–Crippen LogP) is 5.55. The molecule has 0 radical (unpaired) electrons. The Hall–Kier alpha value is -1.47. The standard InChI is InChI=1S/C21H22S/c1-2-6-16(7-3-1)10-13-21-20-12-11-17-8-4-5-9-18(17)19(20)14-15-22-21/h1-10,13,19-21H,11-12,14-15H2/b13-10+/t19-,20+,21+/m0/s1. The molecule has 0 spiro atoms. The molecule has 0 saturated carbocycles. The molecule has 0 nitrogen and oxygen atoms in total. The number of hydrogen-bond donors (Lipinski definition) is 0. The van der Waals surface area contributed by atoms with Crippen LogP contribution in [0.1, 0.15) is 35.4 Å². The molecular weight excluding hydrogens is 284 g/mol. The van der Waals surface area contributed by atoms with Gasteiger partial charge in [0.15, 0.2) is 0 Å². The van der Waals surface area contributed by atoms with Gasteiger partial charge in [0.05, 0.1) is 0 Å². The van der Waals surface area contributed by atoms with E-state index < -0.39 is 0 Å². The minimum Gasteiger partial charge on any atom is -0.154 e. The van der Waals surface area contributed by atoms with Gasteiger partial charge in [-0.25, -0.2) is 0 Å². The number of thioether (sulfide) groups is 1. The van der Waals surface area contributed by atoms with E-state index in [0.29, 0.717) is 5.25 Å². The fraction of sp³-hybridized carbons (Fsp3) is 0.333. The smallest absolute Gasteiger partial charge is 0.0264 e. The molecule has 1 heteroatoms. The van der Waals surface area contributed by atoms with Crippen molar-refractivity contribution in [2.45, 2.75) is 30.4 Å². The van der Waals surface area contributed by atoms with Crippen LogP contribution in [-0.2, 0) is 6.42 Å². The third kappa shape index (κ3) is 2.75. The molecule has 1 heterocycles. The lowest BCUT2D eigenvalue weighted by Crippen LogP contribution is -2.32. The molecule has 1 aliphatic carbocycles. The second kappa shape index (κ2) is 6.34. The highest BCUT2D eigenvalue weighted by atomic mass is 32.2. The van der Waals surface area contributed by atoms with E-state index in [2.05, 4.69) is 78.5 Å². The first-order valence-electron chi connectivity index (χ1n) is 8.34. The third-order valence-electron chi connectivity index (χ3n) is 5.16. The number of aryl methyl sites for hydroxylation is 1. The van der Waals surface area contributed by atoms with Gasteiger partial charge in [-0.1, -0.05) is 66.7 Å². The number of rotatable bonds is 2. The molecular formula is C21H22S. The molecule has 1 saturated heterocycles. The van der Waals surface area contributed by atoms with Crippen molar-refractivity contribution in [3.63, 3.8) is 0 Å². The molecule has 2 aliphatic rings. The van der Waals surface area contributed by atoms with E-state index >= 15 is 0 Å². The summed E-state index contributed by atoms with van der Waals surface area (Å²) in [6, 6.07) is 19.8. The first kappa shape index (κ1) is 14.1. The average molecular weight is 306 g/mol. The number of fused-ring (bicyclic) bond motifs is 3. The Bertz CT molecular complexity index is 659. The number of benzene rings is 2. The molecule has 1 aliphatic heterocycles. The topological polar surface area (TPSA) is 0 Å². The highest BCUT2D eigenvalue weighted by Crippen LogP contribution is 2.47. The molecule has 4 rings (SSSR count). The van der Waals surface area contributed by atoms with E-state index in [4.69, 9.17) is 0 Å². The molecule has 22 heavy (non-hydrogen) atoms. The third-order valence-corrected chi connectivity index (χ3v) is 6.52. The Morgan fingerprint density at radius 1 is 0.909 bits per heavy atom. The summed E-state index contributed by atoms with van der Waals surface area (Å²) in [5, 5.41) is 0.673. The summed E-state index contributed by atoms with van der Waals surface area (Å²) in [6.07, 6.45) is 8.74. The van der Waals surface area contributed by atoms with Crippen LogP contribution >= 0.6 is 11.8 Å². The largest absolute Gasteiger partial charge is 0.154 e. The van der Waals surface area contributed by atoms with E-state index in [9.17, 15) is 0 Å². The van der Waals surface area contributed by atoms with Crippen molar-refractivity contribution in [3.8, 4) is 0 Å². The molecule has 0 amide bonds. The molecule has 112 valence electrons. The van der Waals surface area contributed by atoms with Crippen LogP contribution in [0.15, 0.2) is 60.7 Å². The van der Waals surface area contributed by atoms with E-state index in [1.54, 1.807) is 11.1 Å². The lowest BCUT2D eigenvalue weighted by molar-refractivity contribution is 0.365. The highest BCUT2D eigenvalue weighted by molar-refractivity contribution is 8.00. The fourth-order valence-corrected chi connectivity index (χ4v) is 5.49. The van der Waals surface area contributed by atoms with Crippen LogP contribution < -0.4 is 0 Å². The van der Waals surface area contributed by atoms with Crippen molar-refractivity contribution in [1.82, 2.24) is 0 Å². The van der Waals surface area contributed by atoms with Crippen molar-refractivity contribution < 1.29 is 0 Å². The van der Waals surface area contributed by atoms with Crippen molar-refractivity contribution in [1.29, 1.82) is 0 Å². The van der Waals surface area contributed by atoms with Gasteiger partial charge in [0.2, 0.25) is 0 Å². The minimum atomic E-state index is 0.673. The fourth-order valence-electron chi connectivity index (χ4n) is 4.06. The van der Waals surface area contributed by atoms with Gasteiger partial charge < -0.3 is 0 Å². The molecule has 3 atom stereocenters. The van der Waals surface area contributed by atoms with Gasteiger partial charge >= 0.3 is 0 Å².